The van der Waals surface area contributed by atoms with Crippen LogP contribution in [0.2, 0.25) is 0 Å². The molecule has 2 aliphatic carbocycles. The lowest BCUT2D eigenvalue weighted by atomic mass is 9.80. The molecule has 0 unspecified atom stereocenters. The molecule has 0 aromatic heterocycles. The quantitative estimate of drug-likeness (QED) is 0.784. The van der Waals surface area contributed by atoms with Crippen molar-refractivity contribution in [2.45, 2.75) is 19.0 Å². The van der Waals surface area contributed by atoms with Gasteiger partial charge in [0.15, 0.2) is 0 Å². The molecule has 2 aromatic rings. The van der Waals surface area contributed by atoms with Crippen molar-refractivity contribution in [3.05, 3.63) is 107 Å². The van der Waals surface area contributed by atoms with Crippen molar-refractivity contribution in [3.63, 3.8) is 0 Å². The monoisotopic (exact) mass is 319 g/mol. The van der Waals surface area contributed by atoms with Crippen LogP contribution in [0.4, 0.5) is 0 Å². The highest BCUT2D eigenvalue weighted by molar-refractivity contribution is 5.60. The fraction of sp³-hybridized carbons (Fsp3) is 0.143. The minimum absolute atomic E-state index is 0. The van der Waals surface area contributed by atoms with Crippen LogP contribution in [0, 0.1) is 0 Å². The highest BCUT2D eigenvalue weighted by Gasteiger charge is 2.47. The molecular weight excluding hydrogens is 298 g/mol. The molecule has 3 heteroatoms. The summed E-state index contributed by atoms with van der Waals surface area (Å²) in [5, 5.41) is 0. The molecule has 0 saturated heterocycles. The van der Waals surface area contributed by atoms with Crippen molar-refractivity contribution in [2.24, 2.45) is 0 Å². The van der Waals surface area contributed by atoms with Crippen LogP contribution in [0.3, 0.4) is 0 Å². The van der Waals surface area contributed by atoms with Gasteiger partial charge in [-0.15, -0.1) is 0 Å². The number of hydrogen-bond donors (Lipinski definition) is 1. The van der Waals surface area contributed by atoms with Gasteiger partial charge in [-0.25, -0.2) is 0 Å². The smallest absolute Gasteiger partial charge is 0.223 e. The average Bonchev–Trinajstić information content (AvgIpc) is 2.64. The number of allylic oxidation sites excluding steroid dienone is 2. The molecule has 0 fully saturated rings. The fourth-order valence-electron chi connectivity index (χ4n) is 2.91. The summed E-state index contributed by atoms with van der Waals surface area (Å²) < 4.78 is 12.5. The van der Waals surface area contributed by atoms with Crippen LogP contribution in [0.1, 0.15) is 11.1 Å². The van der Waals surface area contributed by atoms with E-state index in [0.717, 1.165) is 22.3 Å². The Hall–Kier alpha value is -2.46. The molecule has 0 spiro atoms. The van der Waals surface area contributed by atoms with Crippen molar-refractivity contribution < 1.29 is 9.47 Å². The van der Waals surface area contributed by atoms with Gasteiger partial charge in [0, 0.05) is 11.1 Å². The van der Waals surface area contributed by atoms with E-state index in [-0.39, 0.29) is 6.15 Å². The van der Waals surface area contributed by atoms with Gasteiger partial charge >= 0.3 is 0 Å². The third-order valence-electron chi connectivity index (χ3n) is 4.19. The van der Waals surface area contributed by atoms with E-state index in [2.05, 4.69) is 42.5 Å². The Labute approximate surface area is 142 Å². The SMILES string of the molecule is N.c1ccc(COC2(OCc3ccccc3)c3cccc2c3)cc1. The second-order valence-corrected chi connectivity index (χ2v) is 5.75. The minimum atomic E-state index is -0.722. The molecule has 0 atom stereocenters. The zero-order chi connectivity index (χ0) is 15.5. The summed E-state index contributed by atoms with van der Waals surface area (Å²) in [6.07, 6.45) is 8.28. The van der Waals surface area contributed by atoms with Gasteiger partial charge in [0.05, 0.1) is 13.2 Å². The van der Waals surface area contributed by atoms with Gasteiger partial charge in [-0.2, -0.15) is 0 Å². The topological polar surface area (TPSA) is 53.5 Å². The van der Waals surface area contributed by atoms with Gasteiger partial charge < -0.3 is 15.6 Å². The zero-order valence-electron chi connectivity index (χ0n) is 13.5. The van der Waals surface area contributed by atoms with Gasteiger partial charge in [0.1, 0.15) is 0 Å². The molecule has 2 aliphatic rings. The van der Waals surface area contributed by atoms with Crippen molar-refractivity contribution in [2.75, 3.05) is 0 Å². The van der Waals surface area contributed by atoms with Crippen LogP contribution < -0.4 is 6.15 Å². The lowest BCUT2D eigenvalue weighted by Gasteiger charge is -2.44. The summed E-state index contributed by atoms with van der Waals surface area (Å²) >= 11 is 0. The Balaban J connectivity index is 0.00000169. The van der Waals surface area contributed by atoms with Gasteiger partial charge in [-0.05, 0) is 17.2 Å². The van der Waals surface area contributed by atoms with Crippen LogP contribution in [0.5, 0.6) is 0 Å². The van der Waals surface area contributed by atoms with E-state index in [1.807, 2.05) is 42.5 Å². The first-order chi connectivity index (χ1) is 11.4. The molecule has 0 radical (unpaired) electrons. The lowest BCUT2D eigenvalue weighted by molar-refractivity contribution is -0.204. The zero-order valence-corrected chi connectivity index (χ0v) is 13.5. The first-order valence-corrected chi connectivity index (χ1v) is 7.84. The highest BCUT2D eigenvalue weighted by Crippen LogP contribution is 2.46. The summed E-state index contributed by atoms with van der Waals surface area (Å²) in [6.45, 7) is 1.05. The molecule has 4 rings (SSSR count). The Morgan fingerprint density at radius 1 is 0.708 bits per heavy atom. The number of fused-ring (bicyclic) bond motifs is 2. The Kier molecular flexibility index (Phi) is 4.76. The van der Waals surface area contributed by atoms with E-state index in [4.69, 9.17) is 9.47 Å². The van der Waals surface area contributed by atoms with Crippen LogP contribution >= 0.6 is 0 Å². The predicted octanol–water partition coefficient (Wildman–Crippen LogP) is 4.71. The van der Waals surface area contributed by atoms with Crippen LogP contribution in [0.15, 0.2) is 96.1 Å². The molecule has 0 aliphatic heterocycles. The third-order valence-corrected chi connectivity index (χ3v) is 4.19. The number of ether oxygens (including phenoxy) is 2. The minimum Gasteiger partial charge on any atom is -0.344 e. The summed E-state index contributed by atoms with van der Waals surface area (Å²) in [4.78, 5) is 0. The van der Waals surface area contributed by atoms with E-state index >= 15 is 0 Å². The lowest BCUT2D eigenvalue weighted by Crippen LogP contribution is -2.46. The average molecular weight is 319 g/mol. The van der Waals surface area contributed by atoms with Crippen molar-refractivity contribution >= 4 is 0 Å². The van der Waals surface area contributed by atoms with Crippen LogP contribution in [-0.4, -0.2) is 5.79 Å². The Morgan fingerprint density at radius 2 is 1.25 bits per heavy atom. The van der Waals surface area contributed by atoms with E-state index in [0.29, 0.717) is 13.2 Å². The van der Waals surface area contributed by atoms with Crippen LogP contribution in [0.25, 0.3) is 0 Å². The normalized spacial score (nSPS) is 16.5. The first kappa shape index (κ1) is 16.4. The molecule has 0 saturated carbocycles. The molecule has 2 bridgehead atoms. The molecule has 3 nitrogen and oxygen atoms in total. The molecule has 0 amide bonds. The van der Waals surface area contributed by atoms with Gasteiger partial charge in [-0.3, -0.25) is 0 Å². The number of benzene rings is 2. The second-order valence-electron chi connectivity index (χ2n) is 5.75. The second kappa shape index (κ2) is 6.97. The Morgan fingerprint density at radius 3 is 1.67 bits per heavy atom. The maximum absolute atomic E-state index is 6.23. The Bertz CT molecular complexity index is 719. The summed E-state index contributed by atoms with van der Waals surface area (Å²) in [6, 6.07) is 20.4. The third kappa shape index (κ3) is 2.97. The maximum Gasteiger partial charge on any atom is 0.223 e. The summed E-state index contributed by atoms with van der Waals surface area (Å²) in [5.74, 6) is -0.722. The summed E-state index contributed by atoms with van der Waals surface area (Å²) in [7, 11) is 0. The largest absolute Gasteiger partial charge is 0.344 e. The van der Waals surface area contributed by atoms with Crippen molar-refractivity contribution in [1.29, 1.82) is 0 Å². The van der Waals surface area contributed by atoms with Gasteiger partial charge in [0.25, 0.3) is 0 Å². The molecular formula is C21H21NO2. The van der Waals surface area contributed by atoms with Crippen molar-refractivity contribution in [3.8, 4) is 0 Å². The molecule has 122 valence electrons. The van der Waals surface area contributed by atoms with Crippen molar-refractivity contribution in [1.82, 2.24) is 6.15 Å². The predicted molar refractivity (Wildman–Crippen MR) is 95.5 cm³/mol. The number of hydrogen-bond acceptors (Lipinski definition) is 3. The highest BCUT2D eigenvalue weighted by atomic mass is 16.7. The maximum atomic E-state index is 6.23. The summed E-state index contributed by atoms with van der Waals surface area (Å²) in [5.41, 5.74) is 4.46. The molecule has 24 heavy (non-hydrogen) atoms. The van der Waals surface area contributed by atoms with E-state index < -0.39 is 5.79 Å². The number of rotatable bonds is 6. The first-order valence-electron chi connectivity index (χ1n) is 7.84. The van der Waals surface area contributed by atoms with E-state index in [9.17, 15) is 0 Å². The fourth-order valence-corrected chi connectivity index (χ4v) is 2.91. The molecule has 2 aromatic carbocycles. The van der Waals surface area contributed by atoms with E-state index in [1.54, 1.807) is 0 Å². The van der Waals surface area contributed by atoms with Gasteiger partial charge in [0.2, 0.25) is 5.79 Å². The molecule has 3 N–H and O–H groups in total. The molecule has 0 heterocycles. The van der Waals surface area contributed by atoms with Gasteiger partial charge in [-0.1, -0.05) is 78.9 Å². The standard InChI is InChI=1S/C21H18O2.H3N/c1-3-8-17(9-4-1)15-22-21(19-12-7-13-20(21)14-19)23-16-18-10-5-2-6-11-18;/h1-14H,15-16H2;1H3. The van der Waals surface area contributed by atoms with Crippen LogP contribution in [-0.2, 0) is 22.7 Å². The van der Waals surface area contributed by atoms with E-state index in [1.165, 1.54) is 0 Å².